The number of H-pyrrole nitrogens is 1. The molecule has 0 aliphatic heterocycles. The second-order valence-corrected chi connectivity index (χ2v) is 8.08. The minimum Gasteiger partial charge on any atom is -0.299 e. The zero-order valence-electron chi connectivity index (χ0n) is 10.7. The number of nitrogens with one attached hydrogen (secondary N) is 1. The average Bonchev–Trinajstić information content (AvgIpc) is 2.30. The van der Waals surface area contributed by atoms with E-state index in [9.17, 15) is 26.4 Å². The highest BCUT2D eigenvalue weighted by Crippen LogP contribution is 1.99. The molecule has 0 fully saturated rings. The van der Waals surface area contributed by atoms with E-state index in [1.807, 2.05) is 4.98 Å². The number of aryl methyl sites for hydroxylation is 1. The van der Waals surface area contributed by atoms with E-state index in [0.717, 1.165) is 10.8 Å². The van der Waals surface area contributed by atoms with Crippen LogP contribution in [0.2, 0.25) is 0 Å². The maximum Gasteiger partial charge on any atom is 0.328 e. The summed E-state index contributed by atoms with van der Waals surface area (Å²) in [5, 5.41) is 4.84. The van der Waals surface area contributed by atoms with Crippen molar-refractivity contribution >= 4 is 19.9 Å². The van der Waals surface area contributed by atoms with Gasteiger partial charge in [-0.15, -0.1) is 0 Å². The number of sulfone groups is 1. The molecule has 0 aromatic carbocycles. The third-order valence-corrected chi connectivity index (χ3v) is 5.27. The first kappa shape index (κ1) is 16.6. The van der Waals surface area contributed by atoms with Gasteiger partial charge in [-0.2, -0.15) is 0 Å². The van der Waals surface area contributed by atoms with Crippen molar-refractivity contribution in [2.75, 3.05) is 11.5 Å². The molecule has 0 unspecified atom stereocenters. The van der Waals surface area contributed by atoms with E-state index in [1.54, 1.807) is 0 Å². The monoisotopic (exact) mass is 325 g/mol. The Labute approximate surface area is 115 Å². The molecule has 20 heavy (non-hydrogen) atoms. The number of sulfonamides is 1. The molecule has 0 radical (unpaired) electrons. The lowest BCUT2D eigenvalue weighted by atomic mass is 10.4. The number of nitrogens with zero attached hydrogens (tertiary/aromatic N) is 1. The summed E-state index contributed by atoms with van der Waals surface area (Å²) in [5.41, 5.74) is -1.92. The zero-order valence-corrected chi connectivity index (χ0v) is 12.3. The van der Waals surface area contributed by atoms with E-state index in [2.05, 4.69) is 0 Å². The lowest BCUT2D eigenvalue weighted by molar-refractivity contribution is 0.572. The van der Waals surface area contributed by atoms with Crippen LogP contribution in [0.1, 0.15) is 13.3 Å². The first-order valence-electron chi connectivity index (χ1n) is 5.64. The zero-order chi connectivity index (χ0) is 15.6. The van der Waals surface area contributed by atoms with Crippen LogP contribution in [0.3, 0.4) is 0 Å². The molecule has 0 spiro atoms. The number of aromatic nitrogens is 2. The summed E-state index contributed by atoms with van der Waals surface area (Å²) < 4.78 is 45.8. The fraction of sp³-hybridized carbons (Fsp3) is 0.556. The van der Waals surface area contributed by atoms with E-state index in [-0.39, 0.29) is 24.5 Å². The second-order valence-electron chi connectivity index (χ2n) is 4.08. The highest BCUT2D eigenvalue weighted by Gasteiger charge is 2.15. The summed E-state index contributed by atoms with van der Waals surface area (Å²) in [7, 11) is -7.43. The Bertz CT molecular complexity index is 803. The van der Waals surface area contributed by atoms with Crippen molar-refractivity contribution in [3.8, 4) is 0 Å². The summed E-state index contributed by atoms with van der Waals surface area (Å²) >= 11 is 0. The van der Waals surface area contributed by atoms with Crippen LogP contribution in [0.25, 0.3) is 0 Å². The number of aromatic amines is 1. The van der Waals surface area contributed by atoms with Gasteiger partial charge in [0.1, 0.15) is 9.84 Å². The Morgan fingerprint density at radius 1 is 1.25 bits per heavy atom. The fourth-order valence-corrected chi connectivity index (χ4v) is 2.90. The molecule has 3 N–H and O–H groups in total. The van der Waals surface area contributed by atoms with Crippen LogP contribution >= 0.6 is 0 Å². The van der Waals surface area contributed by atoms with Crippen LogP contribution in [0, 0.1) is 0 Å². The first-order valence-corrected chi connectivity index (χ1v) is 9.00. The van der Waals surface area contributed by atoms with Crippen molar-refractivity contribution < 1.29 is 16.8 Å². The molecule has 0 amide bonds. The van der Waals surface area contributed by atoms with Gasteiger partial charge in [0.15, 0.2) is 4.90 Å². The van der Waals surface area contributed by atoms with E-state index in [1.165, 1.54) is 6.92 Å². The van der Waals surface area contributed by atoms with E-state index >= 15 is 0 Å². The molecule has 1 aromatic rings. The summed E-state index contributed by atoms with van der Waals surface area (Å²) in [6.45, 7) is 1.46. The van der Waals surface area contributed by atoms with Crippen LogP contribution in [-0.2, 0) is 26.4 Å². The van der Waals surface area contributed by atoms with E-state index in [0.29, 0.717) is 0 Å². The molecular formula is C9H15N3O6S2. The summed E-state index contributed by atoms with van der Waals surface area (Å²) in [6, 6.07) is 0. The Kier molecular flexibility index (Phi) is 4.89. The molecule has 0 aliphatic rings. The van der Waals surface area contributed by atoms with Gasteiger partial charge < -0.3 is 0 Å². The van der Waals surface area contributed by atoms with Crippen LogP contribution in [0.15, 0.2) is 20.7 Å². The molecule has 9 nitrogen and oxygen atoms in total. The molecular weight excluding hydrogens is 310 g/mol. The van der Waals surface area contributed by atoms with Crippen molar-refractivity contribution in [2.24, 2.45) is 5.14 Å². The fourth-order valence-electron chi connectivity index (χ4n) is 1.46. The number of hydrogen-bond acceptors (Lipinski definition) is 6. The maximum absolute atomic E-state index is 11.5. The van der Waals surface area contributed by atoms with E-state index in [4.69, 9.17) is 5.14 Å². The third kappa shape index (κ3) is 4.28. The second kappa shape index (κ2) is 5.89. The Balaban J connectivity index is 3.04. The minimum atomic E-state index is -4.25. The van der Waals surface area contributed by atoms with Crippen LogP contribution < -0.4 is 16.4 Å². The Hall–Kier alpha value is -1.46. The van der Waals surface area contributed by atoms with Gasteiger partial charge in [0.05, 0.1) is 5.75 Å². The molecule has 0 saturated heterocycles. The average molecular weight is 325 g/mol. The predicted octanol–water partition coefficient (Wildman–Crippen LogP) is -1.99. The highest BCUT2D eigenvalue weighted by atomic mass is 32.2. The van der Waals surface area contributed by atoms with Crippen LogP contribution in [0.5, 0.6) is 0 Å². The van der Waals surface area contributed by atoms with Gasteiger partial charge in [0.2, 0.25) is 10.0 Å². The molecule has 0 aliphatic carbocycles. The van der Waals surface area contributed by atoms with Gasteiger partial charge in [0.25, 0.3) is 5.56 Å². The van der Waals surface area contributed by atoms with Crippen molar-refractivity contribution in [3.05, 3.63) is 27.0 Å². The highest BCUT2D eigenvalue weighted by molar-refractivity contribution is 7.91. The number of primary sulfonamides is 1. The molecule has 1 rings (SSSR count). The van der Waals surface area contributed by atoms with Gasteiger partial charge in [-0.1, -0.05) is 6.92 Å². The first-order chi connectivity index (χ1) is 9.07. The van der Waals surface area contributed by atoms with Crippen LogP contribution in [-0.4, -0.2) is 37.9 Å². The number of rotatable bonds is 6. The lowest BCUT2D eigenvalue weighted by Crippen LogP contribution is -2.35. The largest absolute Gasteiger partial charge is 0.328 e. The minimum absolute atomic E-state index is 0.0179. The van der Waals surface area contributed by atoms with Crippen LogP contribution in [0.4, 0.5) is 0 Å². The molecule has 1 aromatic heterocycles. The predicted molar refractivity (Wildman–Crippen MR) is 71.6 cm³/mol. The smallest absolute Gasteiger partial charge is 0.299 e. The van der Waals surface area contributed by atoms with E-state index < -0.39 is 36.0 Å². The Morgan fingerprint density at radius 2 is 1.85 bits per heavy atom. The molecule has 0 bridgehead atoms. The molecule has 11 heteroatoms. The normalized spacial score (nSPS) is 12.5. The SMILES string of the molecule is CCS(=O)(=O)CCCn1cc(S(N)(=O)=O)c(=O)[nH]c1=O. The van der Waals surface area contributed by atoms with Crippen molar-refractivity contribution in [3.63, 3.8) is 0 Å². The van der Waals surface area contributed by atoms with Crippen molar-refractivity contribution in [1.82, 2.24) is 9.55 Å². The third-order valence-electron chi connectivity index (χ3n) is 2.58. The summed E-state index contributed by atoms with van der Waals surface area (Å²) in [5.74, 6) is -0.157. The Morgan fingerprint density at radius 3 is 2.35 bits per heavy atom. The van der Waals surface area contributed by atoms with Gasteiger partial charge in [-0.3, -0.25) is 14.3 Å². The topological polar surface area (TPSA) is 149 Å². The summed E-state index contributed by atoms with van der Waals surface area (Å²) in [4.78, 5) is 23.8. The lowest BCUT2D eigenvalue weighted by Gasteiger charge is -2.06. The van der Waals surface area contributed by atoms with Gasteiger partial charge in [-0.25, -0.2) is 26.8 Å². The maximum atomic E-state index is 11.5. The van der Waals surface area contributed by atoms with Crippen molar-refractivity contribution in [2.45, 2.75) is 24.8 Å². The van der Waals surface area contributed by atoms with Gasteiger partial charge in [-0.05, 0) is 6.42 Å². The molecule has 0 atom stereocenters. The molecule has 1 heterocycles. The number of nitrogens with two attached hydrogens (primary N) is 1. The van der Waals surface area contributed by atoms with Crippen molar-refractivity contribution in [1.29, 1.82) is 0 Å². The van der Waals surface area contributed by atoms with Gasteiger partial charge >= 0.3 is 5.69 Å². The summed E-state index contributed by atoms with van der Waals surface area (Å²) in [6.07, 6.45) is 0.932. The molecule has 0 saturated carbocycles. The standard InChI is InChI=1S/C9H15N3O6S2/c1-2-19(15,16)5-3-4-12-6-7(20(10,17)18)8(13)11-9(12)14/h6H,2-5H2,1H3,(H2,10,17,18)(H,11,13,14). The van der Waals surface area contributed by atoms with Gasteiger partial charge in [0, 0.05) is 18.5 Å². The quantitative estimate of drug-likeness (QED) is 0.618. The number of hydrogen-bond donors (Lipinski definition) is 2. The molecule has 114 valence electrons.